The fraction of sp³-hybridized carbons (Fsp3) is 0.800. The van der Waals surface area contributed by atoms with E-state index in [0.29, 0.717) is 6.42 Å². The van der Waals surface area contributed by atoms with E-state index in [2.05, 4.69) is 6.58 Å². The number of carbonyl (C=O) groups excluding carboxylic acids is 2. The van der Waals surface area contributed by atoms with Crippen LogP contribution < -0.4 is 0 Å². The second kappa shape index (κ2) is 4.32. The number of Topliss-reactive ketones (excluding diaryl/α,β-unsaturated/α-hetero) is 2. The van der Waals surface area contributed by atoms with Gasteiger partial charge in [0.2, 0.25) is 0 Å². The second-order valence-corrected chi connectivity index (χ2v) is 9.98. The number of carbonyl (C=O) groups is 2. The number of ketones is 2. The van der Waals surface area contributed by atoms with Gasteiger partial charge in [-0.25, -0.2) is 0 Å². The third-order valence-electron chi connectivity index (χ3n) is 8.84. The van der Waals surface area contributed by atoms with Crippen molar-refractivity contribution in [3.63, 3.8) is 0 Å². The lowest BCUT2D eigenvalue weighted by atomic mass is 9.44. The molecule has 0 radical (unpaired) electrons. The molecule has 6 heteroatoms. The Hall–Kier alpha value is -1.08. The van der Waals surface area contributed by atoms with Crippen molar-refractivity contribution in [2.45, 2.75) is 63.4 Å². The Morgan fingerprint density at radius 3 is 2.42 bits per heavy atom. The van der Waals surface area contributed by atoms with E-state index >= 15 is 0 Å². The van der Waals surface area contributed by atoms with Crippen LogP contribution >= 0.6 is 0 Å². The molecular formula is C20H26O6. The lowest BCUT2D eigenvalue weighted by Gasteiger charge is -2.59. The van der Waals surface area contributed by atoms with Gasteiger partial charge in [0, 0.05) is 23.2 Å². The lowest BCUT2D eigenvalue weighted by Crippen LogP contribution is -2.70. The topological polar surface area (TPSA) is 115 Å². The van der Waals surface area contributed by atoms with Crippen LogP contribution in [-0.4, -0.2) is 55.9 Å². The molecule has 142 valence electrons. The molecule has 5 rings (SSSR count). The normalized spacial score (nSPS) is 59.5. The highest BCUT2D eigenvalue weighted by molar-refractivity contribution is 6.12. The summed E-state index contributed by atoms with van der Waals surface area (Å²) in [4.78, 5) is 26.8. The minimum Gasteiger partial charge on any atom is -0.393 e. The zero-order chi connectivity index (χ0) is 19.0. The van der Waals surface area contributed by atoms with E-state index in [4.69, 9.17) is 0 Å². The van der Waals surface area contributed by atoms with Crippen molar-refractivity contribution in [3.8, 4) is 0 Å². The highest BCUT2D eigenvalue weighted by Gasteiger charge is 2.93. The maximum atomic E-state index is 13.5. The molecule has 0 aromatic carbocycles. The summed E-state index contributed by atoms with van der Waals surface area (Å²) in [5.74, 6) is -3.25. The molecule has 5 aliphatic rings. The van der Waals surface area contributed by atoms with Gasteiger partial charge in [-0.15, -0.1) is 0 Å². The average Bonchev–Trinajstić information content (AvgIpc) is 2.90. The summed E-state index contributed by atoms with van der Waals surface area (Å²) in [6.07, 6.45) is -1.60. The quantitative estimate of drug-likeness (QED) is 0.450. The van der Waals surface area contributed by atoms with Crippen molar-refractivity contribution in [2.75, 3.05) is 0 Å². The largest absolute Gasteiger partial charge is 0.393 e. The van der Waals surface area contributed by atoms with E-state index in [0.717, 1.165) is 12.8 Å². The molecular weight excluding hydrogens is 336 g/mol. The molecule has 0 aromatic rings. The summed E-state index contributed by atoms with van der Waals surface area (Å²) in [7, 11) is 0. The third kappa shape index (κ3) is 1.25. The molecule has 0 aliphatic heterocycles. The molecule has 5 fully saturated rings. The Bertz CT molecular complexity index is 772. The molecule has 5 saturated carbocycles. The molecule has 5 aliphatic carbocycles. The standard InChI is InChI=1S/C20H26O6/c1-8-9-7-10(21)11-18-6-4-5-17(2,3)12(18)15(24)20(26,16(18)25)19(11,13(8)22)14(9)23/h9-12,14,16,21,23,25-26H,1,4-7H2,2-3H3/t9?,10-,11-,12+,14+,16?,18?,19?,20-/m0/s1. The number of rotatable bonds is 0. The van der Waals surface area contributed by atoms with Gasteiger partial charge < -0.3 is 20.4 Å². The number of aliphatic hydroxyl groups is 4. The maximum absolute atomic E-state index is 13.5. The second-order valence-electron chi connectivity index (χ2n) is 9.98. The van der Waals surface area contributed by atoms with Gasteiger partial charge in [-0.05, 0) is 30.3 Å². The van der Waals surface area contributed by atoms with Crippen LogP contribution in [0.4, 0.5) is 0 Å². The van der Waals surface area contributed by atoms with Crippen molar-refractivity contribution in [1.29, 1.82) is 0 Å². The Morgan fingerprint density at radius 1 is 1.12 bits per heavy atom. The van der Waals surface area contributed by atoms with Crippen molar-refractivity contribution in [1.82, 2.24) is 0 Å². The third-order valence-corrected chi connectivity index (χ3v) is 8.84. The fourth-order valence-corrected chi connectivity index (χ4v) is 8.23. The smallest absolute Gasteiger partial charge is 0.172 e. The van der Waals surface area contributed by atoms with E-state index in [1.807, 2.05) is 13.8 Å². The van der Waals surface area contributed by atoms with Gasteiger partial charge in [0.15, 0.2) is 17.2 Å². The van der Waals surface area contributed by atoms with Gasteiger partial charge in [-0.1, -0.05) is 26.8 Å². The molecule has 0 amide bonds. The van der Waals surface area contributed by atoms with Crippen LogP contribution in [0, 0.1) is 34.0 Å². The van der Waals surface area contributed by atoms with Gasteiger partial charge in [-0.3, -0.25) is 9.59 Å². The molecule has 0 saturated heterocycles. The first-order chi connectivity index (χ1) is 12.0. The summed E-state index contributed by atoms with van der Waals surface area (Å²) in [5.41, 5.74) is -5.61. The van der Waals surface area contributed by atoms with Crippen LogP contribution in [0.3, 0.4) is 0 Å². The van der Waals surface area contributed by atoms with E-state index in [-0.39, 0.29) is 12.0 Å². The maximum Gasteiger partial charge on any atom is 0.172 e. The van der Waals surface area contributed by atoms with Gasteiger partial charge in [0.25, 0.3) is 0 Å². The first-order valence-electron chi connectivity index (χ1n) is 9.55. The Kier molecular flexibility index (Phi) is 2.83. The number of hydrogen-bond acceptors (Lipinski definition) is 6. The molecule has 9 atom stereocenters. The Morgan fingerprint density at radius 2 is 1.77 bits per heavy atom. The number of hydrogen-bond donors (Lipinski definition) is 4. The molecule has 0 aromatic heterocycles. The minimum atomic E-state index is -2.36. The van der Waals surface area contributed by atoms with Crippen LogP contribution in [0.25, 0.3) is 0 Å². The van der Waals surface area contributed by atoms with Crippen molar-refractivity contribution in [2.24, 2.45) is 34.0 Å². The Balaban J connectivity index is 1.86. The lowest BCUT2D eigenvalue weighted by molar-refractivity contribution is -0.217. The number of fused-ring (bicyclic) bond motifs is 2. The summed E-state index contributed by atoms with van der Waals surface area (Å²) in [6, 6.07) is 0. The highest BCUT2D eigenvalue weighted by Crippen LogP contribution is 2.80. The first kappa shape index (κ1) is 17.0. The van der Waals surface area contributed by atoms with E-state index in [9.17, 15) is 30.0 Å². The van der Waals surface area contributed by atoms with Crippen LogP contribution in [-0.2, 0) is 9.59 Å². The van der Waals surface area contributed by atoms with Gasteiger partial charge >= 0.3 is 0 Å². The summed E-state index contributed by atoms with van der Waals surface area (Å²) in [6.45, 7) is 7.68. The van der Waals surface area contributed by atoms with E-state index in [1.165, 1.54) is 0 Å². The molecule has 4 N–H and O–H groups in total. The SMILES string of the molecule is C=C1C(=O)C23[C@H](O)C1C[C@H](O)[C@H]2C12CCCC(C)(C)[C@H]1C(=O)[C@]3(O)C2O. The summed E-state index contributed by atoms with van der Waals surface area (Å²) >= 11 is 0. The fourth-order valence-electron chi connectivity index (χ4n) is 8.23. The van der Waals surface area contributed by atoms with Crippen molar-refractivity contribution in [3.05, 3.63) is 12.2 Å². The average molecular weight is 362 g/mol. The molecule has 6 nitrogen and oxygen atoms in total. The highest BCUT2D eigenvalue weighted by atomic mass is 16.4. The van der Waals surface area contributed by atoms with E-state index in [1.54, 1.807) is 0 Å². The Labute approximate surface area is 151 Å². The molecule has 4 unspecified atom stereocenters. The minimum absolute atomic E-state index is 0.156. The molecule has 26 heavy (non-hydrogen) atoms. The number of aliphatic hydroxyl groups excluding tert-OH is 3. The zero-order valence-electron chi connectivity index (χ0n) is 15.1. The van der Waals surface area contributed by atoms with Gasteiger partial charge in [-0.2, -0.15) is 0 Å². The van der Waals surface area contributed by atoms with Crippen LogP contribution in [0.15, 0.2) is 12.2 Å². The van der Waals surface area contributed by atoms with Crippen molar-refractivity contribution >= 4 is 11.6 Å². The van der Waals surface area contributed by atoms with Crippen LogP contribution in [0.1, 0.15) is 39.5 Å². The first-order valence-corrected chi connectivity index (χ1v) is 9.55. The molecule has 0 heterocycles. The van der Waals surface area contributed by atoms with Crippen LogP contribution in [0.2, 0.25) is 0 Å². The van der Waals surface area contributed by atoms with Crippen LogP contribution in [0.5, 0.6) is 0 Å². The van der Waals surface area contributed by atoms with E-state index < -0.39 is 69.5 Å². The predicted octanol–water partition coefficient (Wildman–Crippen LogP) is -0.0294. The predicted molar refractivity (Wildman–Crippen MR) is 89.7 cm³/mol. The van der Waals surface area contributed by atoms with Gasteiger partial charge in [0.05, 0.1) is 18.3 Å². The monoisotopic (exact) mass is 362 g/mol. The summed E-state index contributed by atoms with van der Waals surface area (Å²) in [5, 5.41) is 45.0. The summed E-state index contributed by atoms with van der Waals surface area (Å²) < 4.78 is 0. The zero-order valence-corrected chi connectivity index (χ0v) is 15.1. The van der Waals surface area contributed by atoms with Gasteiger partial charge in [0.1, 0.15) is 5.41 Å². The van der Waals surface area contributed by atoms with Crippen molar-refractivity contribution < 1.29 is 30.0 Å². The molecule has 2 spiro atoms. The molecule has 4 bridgehead atoms.